The molecular formula is C14H10BrCl2NO. The minimum absolute atomic E-state index is 0.185. The third-order valence-electron chi connectivity index (χ3n) is 2.52. The molecule has 2 aromatic carbocycles. The molecule has 5 heteroatoms. The summed E-state index contributed by atoms with van der Waals surface area (Å²) in [5.74, 6) is 0.196. The van der Waals surface area contributed by atoms with Crippen LogP contribution in [0.4, 0.5) is 5.69 Å². The number of carbonyl (C=O) groups is 1. The number of hydrogen-bond acceptors (Lipinski definition) is 1. The summed E-state index contributed by atoms with van der Waals surface area (Å²) in [6.45, 7) is 0. The van der Waals surface area contributed by atoms with E-state index in [1.54, 1.807) is 30.3 Å². The lowest BCUT2D eigenvalue weighted by atomic mass is 10.1. The van der Waals surface area contributed by atoms with Crippen LogP contribution >= 0.6 is 39.1 Å². The first-order chi connectivity index (χ1) is 9.10. The van der Waals surface area contributed by atoms with Crippen LogP contribution in [-0.2, 0) is 5.88 Å². The van der Waals surface area contributed by atoms with Crippen LogP contribution in [0.3, 0.4) is 0 Å². The van der Waals surface area contributed by atoms with Gasteiger partial charge in [0.1, 0.15) is 0 Å². The van der Waals surface area contributed by atoms with E-state index in [2.05, 4.69) is 21.2 Å². The second-order valence-electron chi connectivity index (χ2n) is 3.91. The predicted molar refractivity (Wildman–Crippen MR) is 83.1 cm³/mol. The van der Waals surface area contributed by atoms with Gasteiger partial charge in [0, 0.05) is 20.9 Å². The number of rotatable bonds is 3. The second kappa shape index (κ2) is 6.42. The number of anilines is 1. The predicted octanol–water partition coefficient (Wildman–Crippen LogP) is 5.09. The molecule has 2 nitrogen and oxygen atoms in total. The zero-order chi connectivity index (χ0) is 13.8. The number of halogens is 3. The monoisotopic (exact) mass is 357 g/mol. The molecule has 0 heterocycles. The molecule has 98 valence electrons. The maximum Gasteiger partial charge on any atom is 0.255 e. The van der Waals surface area contributed by atoms with Crippen LogP contribution in [0.15, 0.2) is 46.9 Å². The lowest BCUT2D eigenvalue weighted by Crippen LogP contribution is -2.12. The van der Waals surface area contributed by atoms with Crippen molar-refractivity contribution in [2.45, 2.75) is 5.88 Å². The molecule has 0 atom stereocenters. The summed E-state index contributed by atoms with van der Waals surface area (Å²) in [5.41, 5.74) is 2.15. The molecule has 0 unspecified atom stereocenters. The Morgan fingerprint density at radius 2 is 2.00 bits per heavy atom. The maximum absolute atomic E-state index is 12.1. The van der Waals surface area contributed by atoms with E-state index < -0.39 is 0 Å². The summed E-state index contributed by atoms with van der Waals surface area (Å²) >= 11 is 15.0. The SMILES string of the molecule is O=C(Nc1ccc(Cl)cc1Br)c1cccc(CCl)c1. The van der Waals surface area contributed by atoms with Gasteiger partial charge in [0.15, 0.2) is 0 Å². The molecule has 2 rings (SSSR count). The minimum Gasteiger partial charge on any atom is -0.321 e. The fourth-order valence-electron chi connectivity index (χ4n) is 1.58. The fraction of sp³-hybridized carbons (Fsp3) is 0.0714. The van der Waals surface area contributed by atoms with E-state index in [1.807, 2.05) is 12.1 Å². The Labute approximate surface area is 129 Å². The van der Waals surface area contributed by atoms with Gasteiger partial charge in [-0.2, -0.15) is 0 Å². The van der Waals surface area contributed by atoms with Crippen molar-refractivity contribution in [2.24, 2.45) is 0 Å². The number of carbonyl (C=O) groups excluding carboxylic acids is 1. The molecule has 0 fully saturated rings. The largest absolute Gasteiger partial charge is 0.321 e. The number of nitrogens with one attached hydrogen (secondary N) is 1. The van der Waals surface area contributed by atoms with Gasteiger partial charge < -0.3 is 5.32 Å². The molecule has 0 aliphatic heterocycles. The number of hydrogen-bond donors (Lipinski definition) is 1. The van der Waals surface area contributed by atoms with E-state index in [1.165, 1.54) is 0 Å². The van der Waals surface area contributed by atoms with Crippen molar-refractivity contribution in [3.05, 3.63) is 63.1 Å². The Kier molecular flexibility index (Phi) is 4.86. The molecule has 0 saturated heterocycles. The number of alkyl halides is 1. The molecule has 0 aliphatic rings. The maximum atomic E-state index is 12.1. The summed E-state index contributed by atoms with van der Waals surface area (Å²) in [4.78, 5) is 12.1. The van der Waals surface area contributed by atoms with Crippen LogP contribution in [0.5, 0.6) is 0 Å². The zero-order valence-corrected chi connectivity index (χ0v) is 12.9. The zero-order valence-electron chi connectivity index (χ0n) is 9.79. The number of benzene rings is 2. The molecule has 1 amide bonds. The van der Waals surface area contributed by atoms with Gasteiger partial charge in [0.2, 0.25) is 0 Å². The molecule has 2 aromatic rings. The van der Waals surface area contributed by atoms with Crippen LogP contribution in [0.1, 0.15) is 15.9 Å². The van der Waals surface area contributed by atoms with E-state index in [4.69, 9.17) is 23.2 Å². The van der Waals surface area contributed by atoms with Crippen molar-refractivity contribution in [1.29, 1.82) is 0 Å². The number of amides is 1. The van der Waals surface area contributed by atoms with Gasteiger partial charge in [-0.25, -0.2) is 0 Å². The topological polar surface area (TPSA) is 29.1 Å². The summed E-state index contributed by atoms with van der Waals surface area (Å²) in [6, 6.07) is 12.4. The normalized spacial score (nSPS) is 10.3. The molecule has 19 heavy (non-hydrogen) atoms. The highest BCUT2D eigenvalue weighted by Gasteiger charge is 2.09. The van der Waals surface area contributed by atoms with Crippen LogP contribution in [0.25, 0.3) is 0 Å². The lowest BCUT2D eigenvalue weighted by molar-refractivity contribution is 0.102. The van der Waals surface area contributed by atoms with Gasteiger partial charge in [0.25, 0.3) is 5.91 Å². The van der Waals surface area contributed by atoms with E-state index in [0.717, 1.165) is 10.0 Å². The fourth-order valence-corrected chi connectivity index (χ4v) is 2.53. The third-order valence-corrected chi connectivity index (χ3v) is 3.72. The molecule has 0 spiro atoms. The summed E-state index contributed by atoms with van der Waals surface area (Å²) in [5, 5.41) is 3.42. The first-order valence-electron chi connectivity index (χ1n) is 5.51. The van der Waals surface area contributed by atoms with Gasteiger partial charge in [-0.05, 0) is 51.8 Å². The highest BCUT2D eigenvalue weighted by molar-refractivity contribution is 9.10. The highest BCUT2D eigenvalue weighted by atomic mass is 79.9. The van der Waals surface area contributed by atoms with Crippen LogP contribution in [0, 0.1) is 0 Å². The Morgan fingerprint density at radius 1 is 1.21 bits per heavy atom. The van der Waals surface area contributed by atoms with E-state index in [-0.39, 0.29) is 5.91 Å². The second-order valence-corrected chi connectivity index (χ2v) is 5.47. The molecular weight excluding hydrogens is 349 g/mol. The molecule has 0 saturated carbocycles. The highest BCUT2D eigenvalue weighted by Crippen LogP contribution is 2.26. The first-order valence-corrected chi connectivity index (χ1v) is 7.22. The Balaban J connectivity index is 2.20. The van der Waals surface area contributed by atoms with Gasteiger partial charge in [-0.3, -0.25) is 4.79 Å². The van der Waals surface area contributed by atoms with Crippen molar-refractivity contribution in [3.8, 4) is 0 Å². The molecule has 0 aromatic heterocycles. The van der Waals surface area contributed by atoms with Crippen molar-refractivity contribution >= 4 is 50.7 Å². The van der Waals surface area contributed by atoms with Crippen molar-refractivity contribution in [1.82, 2.24) is 0 Å². The van der Waals surface area contributed by atoms with Crippen molar-refractivity contribution in [3.63, 3.8) is 0 Å². The molecule has 1 N–H and O–H groups in total. The van der Waals surface area contributed by atoms with E-state index in [9.17, 15) is 4.79 Å². The van der Waals surface area contributed by atoms with Crippen LogP contribution in [-0.4, -0.2) is 5.91 Å². The van der Waals surface area contributed by atoms with E-state index >= 15 is 0 Å². The van der Waals surface area contributed by atoms with Gasteiger partial charge in [0.05, 0.1) is 5.69 Å². The lowest BCUT2D eigenvalue weighted by Gasteiger charge is -2.08. The van der Waals surface area contributed by atoms with Gasteiger partial charge in [-0.15, -0.1) is 11.6 Å². The Hall–Kier alpha value is -1.03. The average molecular weight is 359 g/mol. The average Bonchev–Trinajstić information content (AvgIpc) is 2.42. The molecule has 0 bridgehead atoms. The summed E-state index contributed by atoms with van der Waals surface area (Å²) < 4.78 is 0.738. The van der Waals surface area contributed by atoms with Crippen molar-refractivity contribution in [2.75, 3.05) is 5.32 Å². The van der Waals surface area contributed by atoms with E-state index in [0.29, 0.717) is 22.2 Å². The first kappa shape index (κ1) is 14.4. The molecule has 0 radical (unpaired) electrons. The summed E-state index contributed by atoms with van der Waals surface area (Å²) in [7, 11) is 0. The van der Waals surface area contributed by atoms with Gasteiger partial charge in [-0.1, -0.05) is 23.7 Å². The minimum atomic E-state index is -0.185. The third kappa shape index (κ3) is 3.72. The summed E-state index contributed by atoms with van der Waals surface area (Å²) in [6.07, 6.45) is 0. The standard InChI is InChI=1S/C14H10BrCl2NO/c15-12-7-11(17)4-5-13(12)18-14(19)10-3-1-2-9(6-10)8-16/h1-7H,8H2,(H,18,19). The smallest absolute Gasteiger partial charge is 0.255 e. The van der Waals surface area contributed by atoms with Crippen LogP contribution in [0.2, 0.25) is 5.02 Å². The van der Waals surface area contributed by atoms with Gasteiger partial charge >= 0.3 is 0 Å². The Bertz CT molecular complexity index is 616. The van der Waals surface area contributed by atoms with Crippen molar-refractivity contribution < 1.29 is 4.79 Å². The molecule has 0 aliphatic carbocycles. The quantitative estimate of drug-likeness (QED) is 0.760. The Morgan fingerprint density at radius 3 is 2.68 bits per heavy atom. The van der Waals surface area contributed by atoms with Crippen LogP contribution < -0.4 is 5.32 Å².